The summed E-state index contributed by atoms with van der Waals surface area (Å²) in [5, 5.41) is 7.45. The second-order valence-corrected chi connectivity index (χ2v) is 6.49. The lowest BCUT2D eigenvalue weighted by Crippen LogP contribution is -2.39. The molecule has 1 atom stereocenters. The third kappa shape index (κ3) is 3.67. The number of carbonyl (C=O) groups is 1. The van der Waals surface area contributed by atoms with Gasteiger partial charge in [-0.15, -0.1) is 0 Å². The van der Waals surface area contributed by atoms with Gasteiger partial charge in [0.2, 0.25) is 5.91 Å². The minimum absolute atomic E-state index is 0.179. The Morgan fingerprint density at radius 3 is 2.92 bits per heavy atom. The molecule has 1 aliphatic rings. The fourth-order valence-corrected chi connectivity index (χ4v) is 3.36. The van der Waals surface area contributed by atoms with E-state index in [1.165, 1.54) is 11.1 Å². The van der Waals surface area contributed by atoms with Gasteiger partial charge >= 0.3 is 0 Å². The highest BCUT2D eigenvalue weighted by Gasteiger charge is 2.27. The maximum atomic E-state index is 12.3. The molecule has 0 saturated carbocycles. The molecule has 0 spiro atoms. The highest BCUT2D eigenvalue weighted by atomic mass is 16.5. The van der Waals surface area contributed by atoms with Crippen LogP contribution in [0.5, 0.6) is 0 Å². The van der Waals surface area contributed by atoms with Crippen LogP contribution in [0.2, 0.25) is 0 Å². The zero-order valence-electron chi connectivity index (χ0n) is 14.4. The fraction of sp³-hybridized carbons (Fsp3) is 0.474. The molecular weight excluding hydrogens is 302 g/mol. The van der Waals surface area contributed by atoms with Crippen LogP contribution in [0.1, 0.15) is 36.4 Å². The molecule has 1 amide bonds. The van der Waals surface area contributed by atoms with Crippen molar-refractivity contribution in [2.75, 3.05) is 26.8 Å². The van der Waals surface area contributed by atoms with Crippen molar-refractivity contribution in [3.8, 4) is 11.1 Å². The predicted molar refractivity (Wildman–Crippen MR) is 93.8 cm³/mol. The molecule has 0 bridgehead atoms. The van der Waals surface area contributed by atoms with Crippen molar-refractivity contribution < 1.29 is 9.53 Å². The van der Waals surface area contributed by atoms with Crippen molar-refractivity contribution in [3.63, 3.8) is 0 Å². The minimum atomic E-state index is 0.179. The molecular formula is C19H25N3O2. The Kier molecular flexibility index (Phi) is 5.30. The maximum absolute atomic E-state index is 12.3. The molecule has 1 N–H and O–H groups in total. The third-order valence-corrected chi connectivity index (χ3v) is 4.73. The third-order valence-electron chi connectivity index (χ3n) is 4.73. The van der Waals surface area contributed by atoms with E-state index in [1.807, 2.05) is 11.1 Å². The number of aryl methyl sites for hydroxylation is 1. The largest absolute Gasteiger partial charge is 0.384 e. The molecule has 1 aromatic carbocycles. The van der Waals surface area contributed by atoms with E-state index in [1.54, 1.807) is 7.11 Å². The monoisotopic (exact) mass is 327 g/mol. The van der Waals surface area contributed by atoms with E-state index < -0.39 is 0 Å². The number of methoxy groups -OCH3 is 1. The number of nitrogens with zero attached hydrogens (tertiary/aromatic N) is 2. The summed E-state index contributed by atoms with van der Waals surface area (Å²) < 4.78 is 5.03. The first-order valence-electron chi connectivity index (χ1n) is 8.56. The molecule has 1 aromatic heterocycles. The average Bonchev–Trinajstić information content (AvgIpc) is 3.10. The van der Waals surface area contributed by atoms with Gasteiger partial charge in [0, 0.05) is 37.4 Å². The number of hydrogen-bond donors (Lipinski definition) is 1. The molecule has 24 heavy (non-hydrogen) atoms. The van der Waals surface area contributed by atoms with Crippen LogP contribution in [-0.2, 0) is 9.53 Å². The number of ether oxygens (including phenoxy) is 1. The number of nitrogens with one attached hydrogen (secondary N) is 1. The number of likely N-dealkylation sites (tertiary alicyclic amines) is 1. The van der Waals surface area contributed by atoms with Crippen molar-refractivity contribution in [2.24, 2.45) is 0 Å². The van der Waals surface area contributed by atoms with E-state index >= 15 is 0 Å². The van der Waals surface area contributed by atoms with Gasteiger partial charge in [0.1, 0.15) is 0 Å². The molecule has 1 unspecified atom stereocenters. The van der Waals surface area contributed by atoms with Gasteiger partial charge in [-0.3, -0.25) is 9.89 Å². The lowest BCUT2D eigenvalue weighted by atomic mass is 9.90. The Morgan fingerprint density at radius 2 is 2.17 bits per heavy atom. The number of carbonyl (C=O) groups excluding carboxylic acids is 1. The van der Waals surface area contributed by atoms with Crippen molar-refractivity contribution in [1.82, 2.24) is 15.1 Å². The molecule has 5 heteroatoms. The zero-order valence-corrected chi connectivity index (χ0v) is 14.4. The lowest BCUT2D eigenvalue weighted by Gasteiger charge is -2.32. The van der Waals surface area contributed by atoms with Gasteiger partial charge in [0.05, 0.1) is 19.2 Å². The van der Waals surface area contributed by atoms with Crippen LogP contribution in [0.4, 0.5) is 0 Å². The number of benzene rings is 1. The van der Waals surface area contributed by atoms with Crippen LogP contribution < -0.4 is 0 Å². The van der Waals surface area contributed by atoms with Crippen molar-refractivity contribution in [2.45, 2.75) is 32.1 Å². The number of piperidine rings is 1. The van der Waals surface area contributed by atoms with E-state index in [4.69, 9.17) is 4.74 Å². The molecule has 1 saturated heterocycles. The van der Waals surface area contributed by atoms with Gasteiger partial charge in [-0.2, -0.15) is 5.10 Å². The van der Waals surface area contributed by atoms with E-state index in [2.05, 4.69) is 41.4 Å². The molecule has 5 nitrogen and oxygen atoms in total. The Balaban J connectivity index is 1.76. The number of hydrogen-bond acceptors (Lipinski definition) is 3. The number of amides is 1. The minimum Gasteiger partial charge on any atom is -0.384 e. The van der Waals surface area contributed by atoms with Gasteiger partial charge in [0.25, 0.3) is 0 Å². The molecule has 2 aromatic rings. The molecule has 3 rings (SSSR count). The van der Waals surface area contributed by atoms with Crippen LogP contribution >= 0.6 is 0 Å². The van der Waals surface area contributed by atoms with Gasteiger partial charge in [0.15, 0.2) is 0 Å². The van der Waals surface area contributed by atoms with Gasteiger partial charge in [-0.25, -0.2) is 0 Å². The number of aromatic amines is 1. The summed E-state index contributed by atoms with van der Waals surface area (Å²) in [6, 6.07) is 8.50. The van der Waals surface area contributed by atoms with Crippen LogP contribution in [0, 0.1) is 6.92 Å². The summed E-state index contributed by atoms with van der Waals surface area (Å²) >= 11 is 0. The van der Waals surface area contributed by atoms with E-state index in [0.29, 0.717) is 18.9 Å². The number of rotatable bonds is 5. The van der Waals surface area contributed by atoms with E-state index in [0.717, 1.165) is 37.2 Å². The Morgan fingerprint density at radius 1 is 1.38 bits per heavy atom. The summed E-state index contributed by atoms with van der Waals surface area (Å²) in [5.41, 5.74) is 4.71. The second kappa shape index (κ2) is 7.62. The Hall–Kier alpha value is -2.14. The first-order chi connectivity index (χ1) is 11.7. The van der Waals surface area contributed by atoms with Crippen molar-refractivity contribution >= 4 is 5.91 Å². The van der Waals surface area contributed by atoms with Crippen LogP contribution in [0.15, 0.2) is 30.5 Å². The molecule has 2 heterocycles. The highest BCUT2D eigenvalue weighted by Crippen LogP contribution is 2.33. The summed E-state index contributed by atoms with van der Waals surface area (Å²) in [7, 11) is 1.63. The number of H-pyrrole nitrogens is 1. The van der Waals surface area contributed by atoms with Crippen LogP contribution in [0.25, 0.3) is 11.1 Å². The van der Waals surface area contributed by atoms with E-state index in [-0.39, 0.29) is 5.91 Å². The standard InChI is InChI=1S/C19H25N3O2/c1-14-5-7-15(8-6-14)17-12-20-21-19(17)16-4-3-10-22(13-16)18(23)9-11-24-2/h5-8,12,16H,3-4,9-11,13H2,1-2H3,(H,20,21). The van der Waals surface area contributed by atoms with Gasteiger partial charge in [-0.1, -0.05) is 29.8 Å². The van der Waals surface area contributed by atoms with Gasteiger partial charge in [-0.05, 0) is 25.3 Å². The Labute approximate surface area is 143 Å². The second-order valence-electron chi connectivity index (χ2n) is 6.49. The highest BCUT2D eigenvalue weighted by molar-refractivity contribution is 5.76. The fourth-order valence-electron chi connectivity index (χ4n) is 3.36. The molecule has 0 aliphatic carbocycles. The predicted octanol–water partition coefficient (Wildman–Crippen LogP) is 3.13. The summed E-state index contributed by atoms with van der Waals surface area (Å²) in [5.74, 6) is 0.488. The lowest BCUT2D eigenvalue weighted by molar-refractivity contribution is -0.133. The molecule has 1 fully saturated rings. The maximum Gasteiger partial charge on any atom is 0.224 e. The van der Waals surface area contributed by atoms with E-state index in [9.17, 15) is 4.79 Å². The molecule has 0 radical (unpaired) electrons. The summed E-state index contributed by atoms with van der Waals surface area (Å²) in [6.45, 7) is 4.17. The number of aromatic nitrogens is 2. The van der Waals surface area contributed by atoms with Crippen molar-refractivity contribution in [3.05, 3.63) is 41.7 Å². The van der Waals surface area contributed by atoms with Crippen LogP contribution in [0.3, 0.4) is 0 Å². The SMILES string of the molecule is COCCC(=O)N1CCCC(c2[nH]ncc2-c2ccc(C)cc2)C1. The first kappa shape index (κ1) is 16.7. The van der Waals surface area contributed by atoms with Crippen LogP contribution in [-0.4, -0.2) is 47.8 Å². The quantitative estimate of drug-likeness (QED) is 0.918. The summed E-state index contributed by atoms with van der Waals surface area (Å²) in [4.78, 5) is 14.2. The topological polar surface area (TPSA) is 58.2 Å². The van der Waals surface area contributed by atoms with Gasteiger partial charge < -0.3 is 9.64 Å². The normalized spacial score (nSPS) is 17.9. The summed E-state index contributed by atoms with van der Waals surface area (Å²) in [6.07, 6.45) is 4.45. The Bertz CT molecular complexity index is 678. The first-order valence-corrected chi connectivity index (χ1v) is 8.56. The smallest absolute Gasteiger partial charge is 0.224 e. The van der Waals surface area contributed by atoms with Crippen molar-refractivity contribution in [1.29, 1.82) is 0 Å². The average molecular weight is 327 g/mol. The molecule has 128 valence electrons. The molecule has 1 aliphatic heterocycles. The zero-order chi connectivity index (χ0) is 16.9.